The molecule has 0 aliphatic carbocycles. The number of aromatic nitrogens is 1. The van der Waals surface area contributed by atoms with Crippen molar-refractivity contribution in [1.82, 2.24) is 4.98 Å². The van der Waals surface area contributed by atoms with Gasteiger partial charge in [0.05, 0.1) is 21.5 Å². The maximum absolute atomic E-state index is 13.4. The number of fused-ring (bicyclic) bond motifs is 2. The minimum atomic E-state index is -0.826. The van der Waals surface area contributed by atoms with Crippen LogP contribution >= 0.6 is 11.3 Å². The van der Waals surface area contributed by atoms with Crippen LogP contribution in [-0.4, -0.2) is 16.7 Å². The second-order valence-electron chi connectivity index (χ2n) is 7.16. The van der Waals surface area contributed by atoms with E-state index in [2.05, 4.69) is 4.98 Å². The van der Waals surface area contributed by atoms with Crippen LogP contribution in [0.3, 0.4) is 0 Å². The molecule has 150 valence electrons. The summed E-state index contributed by atoms with van der Waals surface area (Å²) in [5.74, 6) is 0.423. The molecule has 0 saturated heterocycles. The lowest BCUT2D eigenvalue weighted by Crippen LogP contribution is -2.29. The second kappa shape index (κ2) is 6.50. The zero-order valence-corrected chi connectivity index (χ0v) is 17.2. The summed E-state index contributed by atoms with van der Waals surface area (Å²) < 4.78 is 11.7. The lowest BCUT2D eigenvalue weighted by atomic mass is 10.0. The number of aryl methyl sites for hydroxylation is 2. The van der Waals surface area contributed by atoms with Gasteiger partial charge in [-0.15, -0.1) is 0 Å². The Bertz CT molecular complexity index is 1410. The van der Waals surface area contributed by atoms with Crippen molar-refractivity contribution in [2.45, 2.75) is 26.8 Å². The van der Waals surface area contributed by atoms with Crippen LogP contribution in [0.25, 0.3) is 11.0 Å². The summed E-state index contributed by atoms with van der Waals surface area (Å²) in [6.07, 6.45) is 0. The van der Waals surface area contributed by atoms with Gasteiger partial charge in [-0.1, -0.05) is 23.5 Å². The number of carbonyl (C=O) groups is 2. The Hall–Kier alpha value is -3.52. The number of ketones is 1. The first kappa shape index (κ1) is 18.5. The molecular weight excluding hydrogens is 404 g/mol. The van der Waals surface area contributed by atoms with Gasteiger partial charge >= 0.3 is 0 Å². The Morgan fingerprint density at radius 1 is 1.10 bits per heavy atom. The first-order chi connectivity index (χ1) is 14.4. The van der Waals surface area contributed by atoms with Crippen molar-refractivity contribution < 1.29 is 18.4 Å². The van der Waals surface area contributed by atoms with Gasteiger partial charge < -0.3 is 8.83 Å². The molecule has 0 N–H and O–H groups in total. The molecular formula is C22H16N2O5S. The molecule has 1 aliphatic heterocycles. The first-order valence-corrected chi connectivity index (χ1v) is 10.1. The standard InChI is InChI=1S/C22H16N2O5S/c1-10-8-9-15(28-10)17-16-18(26)13-6-4-5-7-14(13)29-19(16)21(27)24(17)22-23-11(2)20(30-22)12(3)25/h4-9,17H,1-3H3. The van der Waals surface area contributed by atoms with E-state index < -0.39 is 11.9 Å². The van der Waals surface area contributed by atoms with Crippen LogP contribution in [0.2, 0.25) is 0 Å². The van der Waals surface area contributed by atoms with Crippen molar-refractivity contribution >= 4 is 39.1 Å². The quantitative estimate of drug-likeness (QED) is 0.456. The number of hydrogen-bond donors (Lipinski definition) is 0. The third-order valence-corrected chi connectivity index (χ3v) is 6.38. The Labute approximate surface area is 174 Å². The Kier molecular flexibility index (Phi) is 4.01. The number of furan rings is 1. The van der Waals surface area contributed by atoms with Gasteiger partial charge in [-0.25, -0.2) is 4.98 Å². The van der Waals surface area contributed by atoms with E-state index in [9.17, 15) is 14.4 Å². The van der Waals surface area contributed by atoms with Crippen LogP contribution in [0, 0.1) is 13.8 Å². The van der Waals surface area contributed by atoms with Gasteiger partial charge in [-0.2, -0.15) is 0 Å². The summed E-state index contributed by atoms with van der Waals surface area (Å²) >= 11 is 1.11. The van der Waals surface area contributed by atoms with Crippen molar-refractivity contribution in [2.24, 2.45) is 0 Å². The zero-order valence-electron chi connectivity index (χ0n) is 16.4. The van der Waals surface area contributed by atoms with Gasteiger partial charge in [-0.05, 0) is 38.1 Å². The second-order valence-corrected chi connectivity index (χ2v) is 8.14. The highest BCUT2D eigenvalue weighted by molar-refractivity contribution is 7.17. The van der Waals surface area contributed by atoms with E-state index in [-0.39, 0.29) is 22.5 Å². The van der Waals surface area contributed by atoms with Crippen LogP contribution in [0.4, 0.5) is 5.13 Å². The fourth-order valence-electron chi connectivity index (χ4n) is 3.80. The monoisotopic (exact) mass is 420 g/mol. The first-order valence-electron chi connectivity index (χ1n) is 9.31. The maximum atomic E-state index is 13.4. The molecule has 0 saturated carbocycles. The van der Waals surface area contributed by atoms with E-state index in [1.165, 1.54) is 11.8 Å². The molecule has 1 atom stereocenters. The van der Waals surface area contributed by atoms with E-state index in [1.54, 1.807) is 50.2 Å². The molecule has 1 aliphatic rings. The topological polar surface area (TPSA) is 93.6 Å². The predicted molar refractivity (Wildman–Crippen MR) is 111 cm³/mol. The van der Waals surface area contributed by atoms with Crippen molar-refractivity contribution in [3.8, 4) is 0 Å². The zero-order chi connectivity index (χ0) is 21.2. The molecule has 0 bridgehead atoms. The molecule has 3 aromatic heterocycles. The summed E-state index contributed by atoms with van der Waals surface area (Å²) in [5.41, 5.74) is 0.794. The van der Waals surface area contributed by atoms with E-state index in [0.29, 0.717) is 38.2 Å². The summed E-state index contributed by atoms with van der Waals surface area (Å²) in [6.45, 7) is 4.96. The summed E-state index contributed by atoms with van der Waals surface area (Å²) in [4.78, 5) is 45.0. The number of nitrogens with zero attached hydrogens (tertiary/aromatic N) is 2. The van der Waals surface area contributed by atoms with Crippen molar-refractivity contribution in [3.05, 3.63) is 80.0 Å². The van der Waals surface area contributed by atoms with Gasteiger partial charge in [-0.3, -0.25) is 19.3 Å². The fourth-order valence-corrected chi connectivity index (χ4v) is 4.79. The van der Waals surface area contributed by atoms with Crippen LogP contribution < -0.4 is 10.3 Å². The highest BCUT2D eigenvalue weighted by atomic mass is 32.1. The Morgan fingerprint density at radius 3 is 2.53 bits per heavy atom. The van der Waals surface area contributed by atoms with Gasteiger partial charge in [0.25, 0.3) is 5.91 Å². The van der Waals surface area contributed by atoms with E-state index in [0.717, 1.165) is 11.3 Å². The maximum Gasteiger partial charge on any atom is 0.297 e. The third-order valence-electron chi connectivity index (χ3n) is 5.12. The number of amides is 1. The smallest absolute Gasteiger partial charge is 0.297 e. The average molecular weight is 420 g/mol. The Morgan fingerprint density at radius 2 is 1.87 bits per heavy atom. The van der Waals surface area contributed by atoms with Gasteiger partial charge in [0.2, 0.25) is 5.76 Å². The minimum Gasteiger partial charge on any atom is -0.464 e. The minimum absolute atomic E-state index is 0.0324. The molecule has 1 unspecified atom stereocenters. The van der Waals surface area contributed by atoms with Gasteiger partial charge in [0.15, 0.2) is 16.3 Å². The third kappa shape index (κ3) is 2.57. The van der Waals surface area contributed by atoms with Crippen LogP contribution in [0.5, 0.6) is 0 Å². The SMILES string of the molecule is CC(=O)c1sc(N2C(=O)c3oc4ccccc4c(=O)c3C2c2ccc(C)o2)nc1C. The Balaban J connectivity index is 1.80. The molecule has 0 fully saturated rings. The number of Topliss-reactive ketones (excluding diaryl/α,β-unsaturated/α-hetero) is 1. The summed E-state index contributed by atoms with van der Waals surface area (Å²) in [6, 6.07) is 9.48. The largest absolute Gasteiger partial charge is 0.464 e. The van der Waals surface area contributed by atoms with E-state index >= 15 is 0 Å². The number of carbonyl (C=O) groups excluding carboxylic acids is 2. The number of thiazole rings is 1. The fraction of sp³-hybridized carbons (Fsp3) is 0.182. The molecule has 1 amide bonds. The van der Waals surface area contributed by atoms with Gasteiger partial charge in [0, 0.05) is 6.92 Å². The molecule has 30 heavy (non-hydrogen) atoms. The van der Waals surface area contributed by atoms with Crippen molar-refractivity contribution in [1.29, 1.82) is 0 Å². The average Bonchev–Trinajstić information content (AvgIpc) is 3.38. The number of anilines is 1. The summed E-state index contributed by atoms with van der Waals surface area (Å²) in [7, 11) is 0. The van der Waals surface area contributed by atoms with Crippen LogP contribution in [0.15, 0.2) is 50.0 Å². The number of rotatable bonds is 3. The predicted octanol–water partition coefficient (Wildman–Crippen LogP) is 4.41. The molecule has 4 aromatic rings. The molecule has 0 spiro atoms. The van der Waals surface area contributed by atoms with Gasteiger partial charge in [0.1, 0.15) is 23.1 Å². The highest BCUT2D eigenvalue weighted by Gasteiger charge is 2.46. The van der Waals surface area contributed by atoms with E-state index in [1.807, 2.05) is 0 Å². The molecule has 8 heteroatoms. The lowest BCUT2D eigenvalue weighted by molar-refractivity contribution is 0.0968. The number of benzene rings is 1. The molecule has 7 nitrogen and oxygen atoms in total. The number of para-hydroxylation sites is 1. The van der Waals surface area contributed by atoms with Crippen LogP contribution in [-0.2, 0) is 0 Å². The highest BCUT2D eigenvalue weighted by Crippen LogP contribution is 2.43. The lowest BCUT2D eigenvalue weighted by Gasteiger charge is -2.20. The van der Waals surface area contributed by atoms with Crippen molar-refractivity contribution in [2.75, 3.05) is 4.90 Å². The normalized spacial score (nSPS) is 15.8. The van der Waals surface area contributed by atoms with E-state index in [4.69, 9.17) is 8.83 Å². The molecule has 5 rings (SSSR count). The molecule has 1 aromatic carbocycles. The van der Waals surface area contributed by atoms with Crippen LogP contribution in [0.1, 0.15) is 56.0 Å². The summed E-state index contributed by atoms with van der Waals surface area (Å²) in [5, 5.41) is 0.704. The molecule has 0 radical (unpaired) electrons. The number of hydrogen-bond acceptors (Lipinski definition) is 7. The molecule has 4 heterocycles. The van der Waals surface area contributed by atoms with Crippen molar-refractivity contribution in [3.63, 3.8) is 0 Å².